The highest BCUT2D eigenvalue weighted by atomic mass is 32.1. The number of ether oxygens (including phenoxy) is 1. The standard InChI is InChI=1S/C33H31N5OS/c1-23-9-17-27(18-10-23)39-28-19-15-26(16-20-28)38-32(31(35-33(38)40)29-7-4-5-21-34-29)30-8-6-22-37(30)25-13-11-24(12-14-25)36(2)3/h4-22,31-32H,1-3H3,(H,35,40)/t31-,32+/m0/s1. The Balaban J connectivity index is 1.37. The maximum atomic E-state index is 6.09. The second-order valence-electron chi connectivity index (χ2n) is 10.1. The van der Waals surface area contributed by atoms with Gasteiger partial charge in [0.1, 0.15) is 17.5 Å². The highest BCUT2D eigenvalue weighted by molar-refractivity contribution is 7.80. The monoisotopic (exact) mass is 545 g/mol. The third-order valence-corrected chi connectivity index (χ3v) is 7.51. The summed E-state index contributed by atoms with van der Waals surface area (Å²) in [5.41, 5.74) is 6.47. The Morgan fingerprint density at radius 3 is 2.12 bits per heavy atom. The molecule has 0 amide bonds. The molecule has 1 aliphatic rings. The summed E-state index contributed by atoms with van der Waals surface area (Å²) in [6.07, 6.45) is 3.93. The lowest BCUT2D eigenvalue weighted by Crippen LogP contribution is -2.30. The van der Waals surface area contributed by atoms with Crippen molar-refractivity contribution in [3.63, 3.8) is 0 Å². The lowest BCUT2D eigenvalue weighted by molar-refractivity contribution is 0.482. The van der Waals surface area contributed by atoms with Crippen LogP contribution in [0.2, 0.25) is 0 Å². The number of aryl methyl sites for hydroxylation is 1. The predicted molar refractivity (Wildman–Crippen MR) is 166 cm³/mol. The Hall–Kier alpha value is -4.62. The number of thiocarbonyl (C=S) groups is 1. The first-order valence-corrected chi connectivity index (χ1v) is 13.7. The summed E-state index contributed by atoms with van der Waals surface area (Å²) in [4.78, 5) is 8.99. The SMILES string of the molecule is Cc1ccc(Oc2ccc(N3C(=S)N[C@@H](c4ccccn4)[C@H]3c3cccn3-c3ccc(N(C)C)cc3)cc2)cc1. The Labute approximate surface area is 240 Å². The average Bonchev–Trinajstić information content (AvgIpc) is 3.59. The van der Waals surface area contributed by atoms with Gasteiger partial charge in [0.15, 0.2) is 5.11 Å². The first kappa shape index (κ1) is 25.6. The van der Waals surface area contributed by atoms with Crippen LogP contribution < -0.4 is 19.9 Å². The summed E-state index contributed by atoms with van der Waals surface area (Å²) in [7, 11) is 4.10. The number of aromatic nitrogens is 2. The summed E-state index contributed by atoms with van der Waals surface area (Å²) in [5, 5.41) is 4.22. The Morgan fingerprint density at radius 1 is 0.800 bits per heavy atom. The topological polar surface area (TPSA) is 45.6 Å². The van der Waals surface area contributed by atoms with Crippen molar-refractivity contribution in [1.82, 2.24) is 14.9 Å². The third-order valence-electron chi connectivity index (χ3n) is 7.20. The number of hydrogen-bond acceptors (Lipinski definition) is 4. The van der Waals surface area contributed by atoms with E-state index in [9.17, 15) is 0 Å². The lowest BCUT2D eigenvalue weighted by Gasteiger charge is -2.29. The largest absolute Gasteiger partial charge is 0.457 e. The van der Waals surface area contributed by atoms with Gasteiger partial charge in [0, 0.05) is 49.2 Å². The van der Waals surface area contributed by atoms with Gasteiger partial charge in [-0.05, 0) is 104 Å². The molecule has 5 aromatic rings. The van der Waals surface area contributed by atoms with Crippen LogP contribution in [0.15, 0.2) is 116 Å². The van der Waals surface area contributed by atoms with Crippen LogP contribution in [0.4, 0.5) is 11.4 Å². The molecule has 1 saturated heterocycles. The van der Waals surface area contributed by atoms with E-state index < -0.39 is 0 Å². The summed E-state index contributed by atoms with van der Waals surface area (Å²) in [5.74, 6) is 1.58. The summed E-state index contributed by atoms with van der Waals surface area (Å²) < 4.78 is 8.32. The number of hydrogen-bond donors (Lipinski definition) is 1. The summed E-state index contributed by atoms with van der Waals surface area (Å²) in [6.45, 7) is 2.06. The minimum atomic E-state index is -0.133. The molecular formula is C33H31N5OS. The van der Waals surface area contributed by atoms with E-state index in [-0.39, 0.29) is 12.1 Å². The van der Waals surface area contributed by atoms with Crippen LogP contribution in [0.1, 0.15) is 29.0 Å². The molecule has 3 heterocycles. The number of nitrogens with zero attached hydrogens (tertiary/aromatic N) is 4. The molecule has 0 saturated carbocycles. The van der Waals surface area contributed by atoms with Gasteiger partial charge < -0.3 is 24.4 Å². The minimum Gasteiger partial charge on any atom is -0.457 e. The Bertz CT molecular complexity index is 1600. The molecule has 0 unspecified atom stereocenters. The number of rotatable bonds is 7. The maximum absolute atomic E-state index is 6.09. The second-order valence-corrected chi connectivity index (χ2v) is 10.5. The molecule has 1 aliphatic heterocycles. The molecule has 6 nitrogen and oxygen atoms in total. The van der Waals surface area contributed by atoms with Gasteiger partial charge in [-0.2, -0.15) is 0 Å². The van der Waals surface area contributed by atoms with Gasteiger partial charge >= 0.3 is 0 Å². The van der Waals surface area contributed by atoms with E-state index in [1.807, 2.05) is 68.8 Å². The van der Waals surface area contributed by atoms with E-state index >= 15 is 0 Å². The zero-order valence-electron chi connectivity index (χ0n) is 22.7. The molecule has 0 aliphatic carbocycles. The van der Waals surface area contributed by atoms with E-state index in [4.69, 9.17) is 21.9 Å². The van der Waals surface area contributed by atoms with E-state index in [1.54, 1.807) is 0 Å². The molecule has 200 valence electrons. The Morgan fingerprint density at radius 2 is 1.48 bits per heavy atom. The predicted octanol–water partition coefficient (Wildman–Crippen LogP) is 7.22. The molecule has 0 bridgehead atoms. The van der Waals surface area contributed by atoms with E-state index in [0.717, 1.165) is 39.9 Å². The molecule has 40 heavy (non-hydrogen) atoms. The first-order chi connectivity index (χ1) is 19.5. The molecule has 1 N–H and O–H groups in total. The molecule has 7 heteroatoms. The summed E-state index contributed by atoms with van der Waals surface area (Å²) >= 11 is 5.95. The van der Waals surface area contributed by atoms with Crippen molar-refractivity contribution in [1.29, 1.82) is 0 Å². The van der Waals surface area contributed by atoms with Crippen molar-refractivity contribution in [2.24, 2.45) is 0 Å². The molecule has 2 aromatic heterocycles. The molecule has 3 aromatic carbocycles. The third kappa shape index (κ3) is 5.03. The van der Waals surface area contributed by atoms with Crippen LogP contribution in [0, 0.1) is 6.92 Å². The fraction of sp³-hybridized carbons (Fsp3) is 0.152. The fourth-order valence-electron chi connectivity index (χ4n) is 5.13. The number of nitrogens with one attached hydrogen (secondary N) is 1. The van der Waals surface area contributed by atoms with Gasteiger partial charge in [-0.15, -0.1) is 0 Å². The highest BCUT2D eigenvalue weighted by Crippen LogP contribution is 2.42. The average molecular weight is 546 g/mol. The van der Waals surface area contributed by atoms with E-state index in [1.165, 1.54) is 5.56 Å². The molecule has 6 rings (SSSR count). The number of pyridine rings is 1. The van der Waals surface area contributed by atoms with Crippen molar-refractivity contribution in [2.75, 3.05) is 23.9 Å². The van der Waals surface area contributed by atoms with Gasteiger partial charge in [-0.25, -0.2) is 0 Å². The maximum Gasteiger partial charge on any atom is 0.174 e. The normalized spacial score (nSPS) is 16.6. The van der Waals surface area contributed by atoms with Crippen molar-refractivity contribution < 1.29 is 4.74 Å². The van der Waals surface area contributed by atoms with E-state index in [2.05, 4.69) is 87.4 Å². The van der Waals surface area contributed by atoms with Gasteiger partial charge in [0.25, 0.3) is 0 Å². The molecule has 0 radical (unpaired) electrons. The van der Waals surface area contributed by atoms with Crippen LogP contribution in [0.5, 0.6) is 11.5 Å². The molecule has 2 atom stereocenters. The van der Waals surface area contributed by atoms with Gasteiger partial charge in [0.05, 0.1) is 11.7 Å². The smallest absolute Gasteiger partial charge is 0.174 e. The Kier molecular flexibility index (Phi) is 6.97. The second kappa shape index (κ2) is 10.9. The van der Waals surface area contributed by atoms with Crippen molar-refractivity contribution in [3.05, 3.63) is 132 Å². The molecular weight excluding hydrogens is 514 g/mol. The fourth-order valence-corrected chi connectivity index (χ4v) is 5.48. The van der Waals surface area contributed by atoms with Crippen LogP contribution in [0.25, 0.3) is 5.69 Å². The molecule has 0 spiro atoms. The minimum absolute atomic E-state index is 0.130. The van der Waals surface area contributed by atoms with Gasteiger partial charge in [-0.3, -0.25) is 4.98 Å². The van der Waals surface area contributed by atoms with Crippen LogP contribution in [-0.4, -0.2) is 28.8 Å². The zero-order valence-corrected chi connectivity index (χ0v) is 23.5. The quantitative estimate of drug-likeness (QED) is 0.218. The first-order valence-electron chi connectivity index (χ1n) is 13.3. The lowest BCUT2D eigenvalue weighted by atomic mass is 10.0. The molecule has 1 fully saturated rings. The van der Waals surface area contributed by atoms with Crippen LogP contribution in [0.3, 0.4) is 0 Å². The van der Waals surface area contributed by atoms with Gasteiger partial charge in [0.2, 0.25) is 0 Å². The van der Waals surface area contributed by atoms with Crippen LogP contribution >= 0.6 is 12.2 Å². The van der Waals surface area contributed by atoms with E-state index in [0.29, 0.717) is 5.11 Å². The number of anilines is 2. The number of benzene rings is 3. The highest BCUT2D eigenvalue weighted by Gasteiger charge is 2.42. The zero-order chi connectivity index (χ0) is 27.6. The van der Waals surface area contributed by atoms with Crippen molar-refractivity contribution in [2.45, 2.75) is 19.0 Å². The summed E-state index contributed by atoms with van der Waals surface area (Å²) in [6, 6.07) is 34.7. The van der Waals surface area contributed by atoms with Crippen molar-refractivity contribution >= 4 is 28.7 Å². The van der Waals surface area contributed by atoms with Crippen molar-refractivity contribution in [3.8, 4) is 17.2 Å². The van der Waals surface area contributed by atoms with Crippen LogP contribution in [-0.2, 0) is 0 Å². The van der Waals surface area contributed by atoms with Gasteiger partial charge in [-0.1, -0.05) is 23.8 Å².